The van der Waals surface area contributed by atoms with Crippen molar-refractivity contribution in [2.75, 3.05) is 12.3 Å². The van der Waals surface area contributed by atoms with Gasteiger partial charge in [-0.15, -0.1) is 0 Å². The average Bonchev–Trinajstić information content (AvgIpc) is 2.13. The van der Waals surface area contributed by atoms with Crippen molar-refractivity contribution in [2.45, 2.75) is 13.5 Å². The lowest BCUT2D eigenvalue weighted by Gasteiger charge is -2.06. The number of pyridine rings is 1. The van der Waals surface area contributed by atoms with Crippen molar-refractivity contribution in [3.8, 4) is 0 Å². The first-order valence-corrected chi connectivity index (χ1v) is 5.15. The fourth-order valence-electron chi connectivity index (χ4n) is 1.08. The van der Waals surface area contributed by atoms with E-state index in [-0.39, 0.29) is 18.7 Å². The minimum absolute atomic E-state index is 0.129. The summed E-state index contributed by atoms with van der Waals surface area (Å²) in [5.41, 5.74) is 5.64. The summed E-state index contributed by atoms with van der Waals surface area (Å²) >= 11 is 3.06. The molecule has 1 rings (SSSR count). The number of nitrogens with zero attached hydrogens (tertiary/aromatic N) is 1. The summed E-state index contributed by atoms with van der Waals surface area (Å²) in [5.74, 6) is -0.461. The van der Waals surface area contributed by atoms with E-state index < -0.39 is 5.97 Å². The number of ether oxygens (including phenoxy) is 1. The third-order valence-corrected chi connectivity index (χ3v) is 2.24. The molecule has 0 saturated carbocycles. The van der Waals surface area contributed by atoms with E-state index in [1.165, 1.54) is 16.8 Å². The Balaban J connectivity index is 2.95. The van der Waals surface area contributed by atoms with Crippen molar-refractivity contribution in [3.05, 3.63) is 27.1 Å². The van der Waals surface area contributed by atoms with Crippen LogP contribution >= 0.6 is 15.9 Å². The average molecular weight is 275 g/mol. The predicted octanol–water partition coefficient (Wildman–Crippen LogP) is 0.756. The summed E-state index contributed by atoms with van der Waals surface area (Å²) in [6.45, 7) is 1.86. The van der Waals surface area contributed by atoms with Gasteiger partial charge in [-0.25, -0.2) is 0 Å². The van der Waals surface area contributed by atoms with Crippen molar-refractivity contribution < 1.29 is 9.53 Å². The van der Waals surface area contributed by atoms with Crippen LogP contribution in [0.15, 0.2) is 21.5 Å². The van der Waals surface area contributed by atoms with Crippen LogP contribution in [0.2, 0.25) is 0 Å². The molecular formula is C9H11BrN2O3. The van der Waals surface area contributed by atoms with Crippen LogP contribution in [0.4, 0.5) is 5.69 Å². The minimum atomic E-state index is -0.461. The Hall–Kier alpha value is -1.30. The molecule has 0 bridgehead atoms. The maximum atomic E-state index is 11.5. The molecule has 0 aliphatic carbocycles. The van der Waals surface area contributed by atoms with Gasteiger partial charge >= 0.3 is 5.97 Å². The summed E-state index contributed by atoms with van der Waals surface area (Å²) in [6.07, 6.45) is 1.41. The Bertz CT molecular complexity index is 428. The van der Waals surface area contributed by atoms with E-state index in [0.29, 0.717) is 10.2 Å². The van der Waals surface area contributed by atoms with Crippen molar-refractivity contribution in [3.63, 3.8) is 0 Å². The van der Waals surface area contributed by atoms with Gasteiger partial charge in [0.15, 0.2) is 0 Å². The normalized spacial score (nSPS) is 10.0. The topological polar surface area (TPSA) is 74.3 Å². The van der Waals surface area contributed by atoms with Gasteiger partial charge in [-0.3, -0.25) is 9.59 Å². The van der Waals surface area contributed by atoms with E-state index in [4.69, 9.17) is 10.5 Å². The summed E-state index contributed by atoms with van der Waals surface area (Å²) in [7, 11) is 0. The quantitative estimate of drug-likeness (QED) is 0.826. The van der Waals surface area contributed by atoms with E-state index in [1.54, 1.807) is 6.92 Å². The van der Waals surface area contributed by atoms with Crippen molar-refractivity contribution in [2.24, 2.45) is 0 Å². The molecule has 1 aromatic heterocycles. The molecule has 0 spiro atoms. The van der Waals surface area contributed by atoms with E-state index in [1.807, 2.05) is 0 Å². The molecule has 0 fully saturated rings. The van der Waals surface area contributed by atoms with Gasteiger partial charge in [-0.2, -0.15) is 0 Å². The Morgan fingerprint density at radius 3 is 2.93 bits per heavy atom. The van der Waals surface area contributed by atoms with E-state index >= 15 is 0 Å². The maximum Gasteiger partial charge on any atom is 0.326 e. The second-order valence-electron chi connectivity index (χ2n) is 2.86. The molecule has 1 aromatic rings. The fourth-order valence-corrected chi connectivity index (χ4v) is 1.58. The number of halogens is 1. The summed E-state index contributed by atoms with van der Waals surface area (Å²) in [5, 5.41) is 0. The molecule has 0 saturated heterocycles. The molecule has 0 atom stereocenters. The van der Waals surface area contributed by atoms with Gasteiger partial charge in [-0.1, -0.05) is 0 Å². The van der Waals surface area contributed by atoms with Gasteiger partial charge in [0.05, 0.1) is 11.1 Å². The molecule has 0 amide bonds. The summed E-state index contributed by atoms with van der Waals surface area (Å²) < 4.78 is 6.26. The Labute approximate surface area is 95.0 Å². The molecule has 6 heteroatoms. The number of nitrogens with two attached hydrogens (primary N) is 1. The molecular weight excluding hydrogens is 264 g/mol. The molecule has 5 nitrogen and oxygen atoms in total. The zero-order valence-corrected chi connectivity index (χ0v) is 9.78. The molecule has 0 unspecified atom stereocenters. The molecule has 15 heavy (non-hydrogen) atoms. The standard InChI is InChI=1S/C9H11BrN2O3/c1-2-15-8(13)5-12-4-6(11)3-7(10)9(12)14/h3-4H,2,5,11H2,1H3. The van der Waals surface area contributed by atoms with Crippen molar-refractivity contribution >= 4 is 27.6 Å². The largest absolute Gasteiger partial charge is 0.465 e. The zero-order valence-electron chi connectivity index (χ0n) is 8.20. The number of carbonyl (C=O) groups excluding carboxylic acids is 1. The molecule has 1 heterocycles. The first-order chi connectivity index (χ1) is 7.04. The van der Waals surface area contributed by atoms with Crippen LogP contribution < -0.4 is 11.3 Å². The fraction of sp³-hybridized carbons (Fsp3) is 0.333. The number of carbonyl (C=O) groups is 1. The second kappa shape index (κ2) is 4.97. The van der Waals surface area contributed by atoms with Gasteiger partial charge < -0.3 is 15.0 Å². The van der Waals surface area contributed by atoms with Gasteiger partial charge in [-0.05, 0) is 28.9 Å². The molecule has 2 N–H and O–H groups in total. The van der Waals surface area contributed by atoms with Gasteiger partial charge in [0.1, 0.15) is 6.54 Å². The van der Waals surface area contributed by atoms with E-state index in [2.05, 4.69) is 15.9 Å². The predicted molar refractivity (Wildman–Crippen MR) is 59.4 cm³/mol. The van der Waals surface area contributed by atoms with Crippen LogP contribution in [0.25, 0.3) is 0 Å². The highest BCUT2D eigenvalue weighted by molar-refractivity contribution is 9.10. The number of aromatic nitrogens is 1. The lowest BCUT2D eigenvalue weighted by atomic mass is 10.4. The van der Waals surface area contributed by atoms with Crippen molar-refractivity contribution in [1.29, 1.82) is 0 Å². The van der Waals surface area contributed by atoms with Crippen LogP contribution in [0.1, 0.15) is 6.92 Å². The molecule has 0 aromatic carbocycles. The summed E-state index contributed by atoms with van der Waals surface area (Å²) in [4.78, 5) is 22.7. The third kappa shape index (κ3) is 3.09. The number of hydrogen-bond donors (Lipinski definition) is 1. The number of esters is 1. The first kappa shape index (κ1) is 11.8. The second-order valence-corrected chi connectivity index (χ2v) is 3.71. The highest BCUT2D eigenvalue weighted by Crippen LogP contribution is 2.08. The van der Waals surface area contributed by atoms with Crippen LogP contribution in [-0.4, -0.2) is 17.1 Å². The Morgan fingerprint density at radius 1 is 1.67 bits per heavy atom. The number of nitrogen functional groups attached to an aromatic ring is 1. The van der Waals surface area contributed by atoms with Gasteiger partial charge in [0.25, 0.3) is 5.56 Å². The third-order valence-electron chi connectivity index (χ3n) is 1.67. The number of hydrogen-bond acceptors (Lipinski definition) is 4. The lowest BCUT2D eigenvalue weighted by Crippen LogP contribution is -2.25. The minimum Gasteiger partial charge on any atom is -0.465 e. The highest BCUT2D eigenvalue weighted by Gasteiger charge is 2.07. The Morgan fingerprint density at radius 2 is 2.33 bits per heavy atom. The first-order valence-electron chi connectivity index (χ1n) is 4.35. The summed E-state index contributed by atoms with van der Waals surface area (Å²) in [6, 6.07) is 1.49. The van der Waals surface area contributed by atoms with Crippen LogP contribution in [-0.2, 0) is 16.1 Å². The maximum absolute atomic E-state index is 11.5. The van der Waals surface area contributed by atoms with E-state index in [0.717, 1.165) is 0 Å². The smallest absolute Gasteiger partial charge is 0.326 e. The highest BCUT2D eigenvalue weighted by atomic mass is 79.9. The SMILES string of the molecule is CCOC(=O)Cn1cc(N)cc(Br)c1=O. The van der Waals surface area contributed by atoms with Gasteiger partial charge in [0.2, 0.25) is 0 Å². The van der Waals surface area contributed by atoms with Crippen LogP contribution in [0.3, 0.4) is 0 Å². The number of rotatable bonds is 3. The lowest BCUT2D eigenvalue weighted by molar-refractivity contribution is -0.143. The van der Waals surface area contributed by atoms with E-state index in [9.17, 15) is 9.59 Å². The molecule has 0 radical (unpaired) electrons. The van der Waals surface area contributed by atoms with Crippen LogP contribution in [0, 0.1) is 0 Å². The number of anilines is 1. The zero-order chi connectivity index (χ0) is 11.4. The molecule has 82 valence electrons. The molecule has 0 aliphatic heterocycles. The van der Waals surface area contributed by atoms with Gasteiger partial charge in [0, 0.05) is 11.9 Å². The molecule has 0 aliphatic rings. The van der Waals surface area contributed by atoms with Crippen LogP contribution in [0.5, 0.6) is 0 Å². The Kier molecular flexibility index (Phi) is 3.90. The van der Waals surface area contributed by atoms with Crippen molar-refractivity contribution in [1.82, 2.24) is 4.57 Å². The monoisotopic (exact) mass is 274 g/mol.